The number of benzene rings is 2. The van der Waals surface area contributed by atoms with Crippen LogP contribution in [0, 0.1) is 0 Å². The van der Waals surface area contributed by atoms with E-state index >= 15 is 0 Å². The van der Waals surface area contributed by atoms with Gasteiger partial charge in [-0.25, -0.2) is 4.79 Å². The number of esters is 1. The zero-order chi connectivity index (χ0) is 17.4. The molecule has 8 heteroatoms. The van der Waals surface area contributed by atoms with Crippen LogP contribution in [0.4, 0.5) is 0 Å². The highest BCUT2D eigenvalue weighted by molar-refractivity contribution is 5.91. The van der Waals surface area contributed by atoms with Crippen molar-refractivity contribution >= 4 is 25.4 Å². The third kappa shape index (κ3) is 3.95. The average Bonchev–Trinajstić information content (AvgIpc) is 2.59. The summed E-state index contributed by atoms with van der Waals surface area (Å²) in [6, 6.07) is 10.4. The van der Waals surface area contributed by atoms with Crippen LogP contribution in [0.1, 0.15) is 10.4 Å². The Morgan fingerprint density at radius 2 is 1.33 bits per heavy atom. The van der Waals surface area contributed by atoms with Gasteiger partial charge in [0, 0.05) is 12.1 Å². The van der Waals surface area contributed by atoms with E-state index in [4.69, 9.17) is 4.74 Å². The summed E-state index contributed by atoms with van der Waals surface area (Å²) in [5.74, 6) is -1.63. The van der Waals surface area contributed by atoms with Crippen LogP contribution in [0.25, 0.3) is 0 Å². The molecular formula is C16H10O8. The van der Waals surface area contributed by atoms with E-state index in [-0.39, 0.29) is 48.0 Å². The maximum atomic E-state index is 12.0. The van der Waals surface area contributed by atoms with E-state index in [0.717, 1.165) is 12.1 Å². The zero-order valence-electron chi connectivity index (χ0n) is 12.0. The summed E-state index contributed by atoms with van der Waals surface area (Å²) in [6.45, 7) is 0.196. The Morgan fingerprint density at radius 3 is 1.83 bits per heavy atom. The van der Waals surface area contributed by atoms with Crippen LogP contribution in [-0.2, 0) is 14.4 Å². The molecular weight excluding hydrogens is 320 g/mol. The summed E-state index contributed by atoms with van der Waals surface area (Å²) < 4.78 is 19.1. The fourth-order valence-corrected chi connectivity index (χ4v) is 1.79. The molecule has 0 aromatic heterocycles. The number of hydrogen-bond acceptors (Lipinski definition) is 8. The van der Waals surface area contributed by atoms with E-state index in [1.165, 1.54) is 12.1 Å². The summed E-state index contributed by atoms with van der Waals surface area (Å²) in [5.41, 5.74) is 0.279. The lowest BCUT2D eigenvalue weighted by Crippen LogP contribution is -2.09. The molecule has 0 aliphatic rings. The van der Waals surface area contributed by atoms with Crippen LogP contribution in [0.2, 0.25) is 0 Å². The molecule has 2 aromatic carbocycles. The molecule has 0 heterocycles. The Hall–Kier alpha value is -3.68. The normalized spacial score (nSPS) is 9.50. The van der Waals surface area contributed by atoms with E-state index in [1.54, 1.807) is 18.2 Å². The first-order valence-electron chi connectivity index (χ1n) is 6.45. The van der Waals surface area contributed by atoms with Gasteiger partial charge in [-0.2, -0.15) is 0 Å². The van der Waals surface area contributed by atoms with Gasteiger partial charge >= 0.3 is 5.97 Å². The van der Waals surface area contributed by atoms with Crippen molar-refractivity contribution in [2.75, 3.05) is 0 Å². The van der Waals surface area contributed by atoms with Crippen LogP contribution in [-0.4, -0.2) is 25.4 Å². The SMILES string of the molecule is O=COc1cc(OC(=O)c2ccccc2)cc(OC=O)c1OC=O. The molecule has 0 saturated carbocycles. The van der Waals surface area contributed by atoms with Crippen molar-refractivity contribution < 1.29 is 38.1 Å². The lowest BCUT2D eigenvalue weighted by Gasteiger charge is -2.12. The number of rotatable bonds is 8. The van der Waals surface area contributed by atoms with Gasteiger partial charge in [-0.15, -0.1) is 0 Å². The number of carbonyl (C=O) groups is 4. The first-order valence-corrected chi connectivity index (χ1v) is 6.45. The first kappa shape index (κ1) is 16.7. The van der Waals surface area contributed by atoms with Crippen molar-refractivity contribution in [1.29, 1.82) is 0 Å². The molecule has 0 atom stereocenters. The van der Waals surface area contributed by atoms with Crippen molar-refractivity contribution in [2.24, 2.45) is 0 Å². The maximum Gasteiger partial charge on any atom is 0.343 e. The van der Waals surface area contributed by atoms with Crippen molar-refractivity contribution in [1.82, 2.24) is 0 Å². The lowest BCUT2D eigenvalue weighted by atomic mass is 10.2. The molecule has 0 unspecified atom stereocenters. The van der Waals surface area contributed by atoms with Gasteiger partial charge in [-0.05, 0) is 12.1 Å². The summed E-state index contributed by atoms with van der Waals surface area (Å²) in [5, 5.41) is 0. The van der Waals surface area contributed by atoms with Gasteiger partial charge in [0.05, 0.1) is 5.56 Å². The van der Waals surface area contributed by atoms with Crippen molar-refractivity contribution in [2.45, 2.75) is 0 Å². The van der Waals surface area contributed by atoms with Gasteiger partial charge in [-0.3, -0.25) is 14.4 Å². The summed E-state index contributed by atoms with van der Waals surface area (Å²) in [4.78, 5) is 43.7. The molecule has 8 nitrogen and oxygen atoms in total. The van der Waals surface area contributed by atoms with Crippen molar-refractivity contribution in [3.63, 3.8) is 0 Å². The minimum absolute atomic E-state index is 0.0559. The molecule has 0 aliphatic carbocycles. The highest BCUT2D eigenvalue weighted by Gasteiger charge is 2.18. The Balaban J connectivity index is 2.38. The summed E-state index contributed by atoms with van der Waals surface area (Å²) >= 11 is 0. The average molecular weight is 330 g/mol. The standard InChI is InChI=1S/C16H10O8/c17-8-21-13-6-12(7-14(22-9-18)15(13)23-10-19)24-16(20)11-4-2-1-3-5-11/h1-10H. The van der Waals surface area contributed by atoms with Gasteiger partial charge in [0.2, 0.25) is 5.75 Å². The molecule has 2 rings (SSSR count). The van der Waals surface area contributed by atoms with Gasteiger partial charge in [0.15, 0.2) is 11.5 Å². The van der Waals surface area contributed by atoms with Gasteiger partial charge in [-0.1, -0.05) is 18.2 Å². The molecule has 2 aromatic rings. The summed E-state index contributed by atoms with van der Waals surface area (Å²) in [7, 11) is 0. The fraction of sp³-hybridized carbons (Fsp3) is 0. The molecule has 0 radical (unpaired) electrons. The van der Waals surface area contributed by atoms with E-state index < -0.39 is 5.97 Å². The molecule has 0 amide bonds. The number of hydrogen-bond donors (Lipinski definition) is 0. The van der Waals surface area contributed by atoms with E-state index in [0.29, 0.717) is 0 Å². The highest BCUT2D eigenvalue weighted by atomic mass is 16.6. The number of carbonyl (C=O) groups excluding carboxylic acids is 4. The van der Waals surface area contributed by atoms with Crippen LogP contribution in [0.5, 0.6) is 23.0 Å². The predicted octanol–water partition coefficient (Wildman–Crippen LogP) is 1.51. The molecule has 0 bridgehead atoms. The van der Waals surface area contributed by atoms with Gasteiger partial charge < -0.3 is 18.9 Å². The fourth-order valence-electron chi connectivity index (χ4n) is 1.79. The van der Waals surface area contributed by atoms with Crippen LogP contribution < -0.4 is 18.9 Å². The molecule has 0 N–H and O–H groups in total. The smallest absolute Gasteiger partial charge is 0.343 e. The van der Waals surface area contributed by atoms with Gasteiger partial charge in [0.25, 0.3) is 19.4 Å². The molecule has 0 saturated heterocycles. The van der Waals surface area contributed by atoms with Crippen LogP contribution >= 0.6 is 0 Å². The predicted molar refractivity (Wildman–Crippen MR) is 77.9 cm³/mol. The number of ether oxygens (including phenoxy) is 4. The first-order chi connectivity index (χ1) is 11.7. The largest absolute Gasteiger partial charge is 0.424 e. The zero-order valence-corrected chi connectivity index (χ0v) is 12.0. The summed E-state index contributed by atoms with van der Waals surface area (Å²) in [6.07, 6.45) is 0. The Bertz CT molecular complexity index is 723. The van der Waals surface area contributed by atoms with E-state index in [1.807, 2.05) is 0 Å². The Kier molecular flexibility index (Phi) is 5.62. The van der Waals surface area contributed by atoms with Crippen LogP contribution in [0.3, 0.4) is 0 Å². The van der Waals surface area contributed by atoms with E-state index in [9.17, 15) is 19.2 Å². The topological polar surface area (TPSA) is 105 Å². The monoisotopic (exact) mass is 330 g/mol. The molecule has 122 valence electrons. The third-order valence-corrected chi connectivity index (χ3v) is 2.73. The van der Waals surface area contributed by atoms with Gasteiger partial charge in [0.1, 0.15) is 5.75 Å². The molecule has 0 fully saturated rings. The molecule has 0 aliphatic heterocycles. The minimum atomic E-state index is -0.686. The van der Waals surface area contributed by atoms with Crippen molar-refractivity contribution in [3.8, 4) is 23.0 Å². The highest BCUT2D eigenvalue weighted by Crippen LogP contribution is 2.41. The second-order valence-corrected chi connectivity index (χ2v) is 4.15. The minimum Gasteiger partial charge on any atom is -0.424 e. The quantitative estimate of drug-likeness (QED) is 0.407. The van der Waals surface area contributed by atoms with Crippen molar-refractivity contribution in [3.05, 3.63) is 48.0 Å². The molecule has 24 heavy (non-hydrogen) atoms. The second kappa shape index (κ2) is 8.08. The Labute approximate surface area is 135 Å². The third-order valence-electron chi connectivity index (χ3n) is 2.73. The second-order valence-electron chi connectivity index (χ2n) is 4.15. The molecule has 0 spiro atoms. The lowest BCUT2D eigenvalue weighted by molar-refractivity contribution is -0.124. The van der Waals surface area contributed by atoms with E-state index in [2.05, 4.69) is 14.2 Å². The Morgan fingerprint density at radius 1 is 0.792 bits per heavy atom. The maximum absolute atomic E-state index is 12.0. The van der Waals surface area contributed by atoms with Crippen LogP contribution in [0.15, 0.2) is 42.5 Å².